The highest BCUT2D eigenvalue weighted by atomic mass is 19.1. The van der Waals surface area contributed by atoms with Crippen LogP contribution in [0.2, 0.25) is 0 Å². The van der Waals surface area contributed by atoms with Gasteiger partial charge in [-0.1, -0.05) is 6.07 Å². The molecule has 1 aromatic heterocycles. The van der Waals surface area contributed by atoms with Gasteiger partial charge in [-0.25, -0.2) is 9.37 Å². The molecular formula is C13H12FN3O3. The Balaban J connectivity index is 2.33. The minimum atomic E-state index is -0.833. The zero-order valence-corrected chi connectivity index (χ0v) is 10.6. The number of non-ortho nitro benzene ring substituents is 1. The maximum Gasteiger partial charge on any atom is 0.272 e. The number of nitrogens with zero attached hydrogens (tertiary/aromatic N) is 2. The van der Waals surface area contributed by atoms with Crippen LogP contribution < -0.4 is 10.5 Å². The van der Waals surface area contributed by atoms with Gasteiger partial charge in [-0.2, -0.15) is 0 Å². The highest BCUT2D eigenvalue weighted by Crippen LogP contribution is 2.29. The third kappa shape index (κ3) is 2.89. The van der Waals surface area contributed by atoms with Gasteiger partial charge in [-0.15, -0.1) is 0 Å². The molecule has 0 spiro atoms. The van der Waals surface area contributed by atoms with E-state index in [0.29, 0.717) is 5.56 Å². The van der Waals surface area contributed by atoms with Crippen LogP contribution in [-0.4, -0.2) is 9.91 Å². The van der Waals surface area contributed by atoms with Gasteiger partial charge in [-0.05, 0) is 19.1 Å². The molecule has 0 aliphatic heterocycles. The predicted molar refractivity (Wildman–Crippen MR) is 70.0 cm³/mol. The highest BCUT2D eigenvalue weighted by molar-refractivity contribution is 5.40. The number of hydrogen-bond donors (Lipinski definition) is 1. The van der Waals surface area contributed by atoms with Crippen LogP contribution in [-0.2, 0) is 0 Å². The molecule has 2 N–H and O–H groups in total. The standard InChI is InChI=1S/C13H12FN3O3/c1-8(15)10-3-2-6-16-13(10)20-12-5-4-9(17(18)19)7-11(12)14/h2-8H,15H2,1H3/t8-/m0/s1. The normalized spacial score (nSPS) is 11.9. The van der Waals surface area contributed by atoms with Gasteiger partial charge in [0.2, 0.25) is 5.88 Å². The number of ether oxygens (including phenoxy) is 1. The third-order valence-corrected chi connectivity index (χ3v) is 2.62. The Morgan fingerprint density at radius 1 is 1.45 bits per heavy atom. The number of pyridine rings is 1. The Labute approximate surface area is 114 Å². The summed E-state index contributed by atoms with van der Waals surface area (Å²) in [5, 5.41) is 10.5. The molecule has 0 saturated carbocycles. The summed E-state index contributed by atoms with van der Waals surface area (Å²) < 4.78 is 19.1. The predicted octanol–water partition coefficient (Wildman–Crippen LogP) is 2.94. The lowest BCUT2D eigenvalue weighted by Crippen LogP contribution is -2.07. The van der Waals surface area contributed by atoms with Crippen molar-refractivity contribution in [3.8, 4) is 11.6 Å². The van der Waals surface area contributed by atoms with Crippen LogP contribution in [0.15, 0.2) is 36.5 Å². The van der Waals surface area contributed by atoms with Crippen molar-refractivity contribution >= 4 is 5.69 Å². The molecule has 1 aromatic carbocycles. The summed E-state index contributed by atoms with van der Waals surface area (Å²) in [7, 11) is 0. The molecule has 0 aliphatic carbocycles. The van der Waals surface area contributed by atoms with Crippen molar-refractivity contribution in [2.24, 2.45) is 5.73 Å². The fourth-order valence-electron chi connectivity index (χ4n) is 1.63. The molecule has 1 heterocycles. The summed E-state index contributed by atoms with van der Waals surface area (Å²) in [4.78, 5) is 13.8. The number of nitro benzene ring substituents is 1. The van der Waals surface area contributed by atoms with Crippen LogP contribution in [0, 0.1) is 15.9 Å². The number of rotatable bonds is 4. The van der Waals surface area contributed by atoms with Crippen molar-refractivity contribution in [2.45, 2.75) is 13.0 Å². The van der Waals surface area contributed by atoms with E-state index in [1.54, 1.807) is 19.1 Å². The molecule has 7 heteroatoms. The monoisotopic (exact) mass is 277 g/mol. The molecule has 6 nitrogen and oxygen atoms in total. The Kier molecular flexibility index (Phi) is 3.90. The van der Waals surface area contributed by atoms with Gasteiger partial charge in [0.25, 0.3) is 5.69 Å². The van der Waals surface area contributed by atoms with Crippen molar-refractivity contribution in [1.29, 1.82) is 0 Å². The molecule has 2 aromatic rings. The highest BCUT2D eigenvalue weighted by Gasteiger charge is 2.15. The number of hydrogen-bond acceptors (Lipinski definition) is 5. The second-order valence-corrected chi connectivity index (χ2v) is 4.16. The molecular weight excluding hydrogens is 265 g/mol. The van der Waals surface area contributed by atoms with E-state index in [-0.39, 0.29) is 23.4 Å². The second kappa shape index (κ2) is 5.62. The van der Waals surface area contributed by atoms with Gasteiger partial charge in [-0.3, -0.25) is 10.1 Å². The first-order valence-electron chi connectivity index (χ1n) is 5.81. The van der Waals surface area contributed by atoms with Crippen molar-refractivity contribution in [3.05, 3.63) is 58.0 Å². The lowest BCUT2D eigenvalue weighted by molar-refractivity contribution is -0.385. The number of aromatic nitrogens is 1. The maximum atomic E-state index is 13.7. The Morgan fingerprint density at radius 3 is 2.80 bits per heavy atom. The average Bonchev–Trinajstić information content (AvgIpc) is 2.41. The van der Waals surface area contributed by atoms with Crippen LogP contribution in [0.4, 0.5) is 10.1 Å². The summed E-state index contributed by atoms with van der Waals surface area (Å²) in [5.41, 5.74) is 6.04. The van der Waals surface area contributed by atoms with Crippen LogP contribution in [0.25, 0.3) is 0 Å². The number of benzene rings is 1. The van der Waals surface area contributed by atoms with E-state index in [1.165, 1.54) is 12.3 Å². The molecule has 0 amide bonds. The molecule has 2 rings (SSSR count). The number of nitro groups is 1. The smallest absolute Gasteiger partial charge is 0.272 e. The molecule has 0 radical (unpaired) electrons. The van der Waals surface area contributed by atoms with Gasteiger partial charge in [0, 0.05) is 23.9 Å². The largest absolute Gasteiger partial charge is 0.436 e. The van der Waals surface area contributed by atoms with Gasteiger partial charge >= 0.3 is 0 Å². The van der Waals surface area contributed by atoms with Gasteiger partial charge < -0.3 is 10.5 Å². The van der Waals surface area contributed by atoms with E-state index in [0.717, 1.165) is 12.1 Å². The summed E-state index contributed by atoms with van der Waals surface area (Å²) >= 11 is 0. The molecule has 1 atom stereocenters. The molecule has 0 aliphatic rings. The van der Waals surface area contributed by atoms with Crippen LogP contribution in [0.5, 0.6) is 11.6 Å². The van der Waals surface area contributed by atoms with Gasteiger partial charge in [0.1, 0.15) is 0 Å². The van der Waals surface area contributed by atoms with Crippen molar-refractivity contribution in [1.82, 2.24) is 4.98 Å². The van der Waals surface area contributed by atoms with E-state index >= 15 is 0 Å². The second-order valence-electron chi connectivity index (χ2n) is 4.16. The topological polar surface area (TPSA) is 91.3 Å². The Morgan fingerprint density at radius 2 is 2.20 bits per heavy atom. The third-order valence-electron chi connectivity index (χ3n) is 2.62. The molecule has 0 unspecified atom stereocenters. The maximum absolute atomic E-state index is 13.7. The van der Waals surface area contributed by atoms with Crippen molar-refractivity contribution in [2.75, 3.05) is 0 Å². The molecule has 0 bridgehead atoms. The minimum Gasteiger partial charge on any atom is -0.436 e. The lowest BCUT2D eigenvalue weighted by atomic mass is 10.1. The van der Waals surface area contributed by atoms with Crippen LogP contribution >= 0.6 is 0 Å². The average molecular weight is 277 g/mol. The number of nitrogens with two attached hydrogens (primary N) is 1. The summed E-state index contributed by atoms with van der Waals surface area (Å²) in [6.07, 6.45) is 1.49. The summed E-state index contributed by atoms with van der Waals surface area (Å²) in [6.45, 7) is 1.75. The summed E-state index contributed by atoms with van der Waals surface area (Å²) in [6, 6.07) is 6.22. The van der Waals surface area contributed by atoms with E-state index < -0.39 is 10.7 Å². The van der Waals surface area contributed by atoms with Crippen molar-refractivity contribution in [3.63, 3.8) is 0 Å². The van der Waals surface area contributed by atoms with Crippen molar-refractivity contribution < 1.29 is 14.1 Å². The first kappa shape index (κ1) is 13.9. The fraction of sp³-hybridized carbons (Fsp3) is 0.154. The number of halogens is 1. The SMILES string of the molecule is C[C@H](N)c1cccnc1Oc1ccc([N+](=O)[O-])cc1F. The fourth-order valence-corrected chi connectivity index (χ4v) is 1.63. The molecule has 20 heavy (non-hydrogen) atoms. The van der Waals surface area contributed by atoms with Gasteiger partial charge in [0.15, 0.2) is 11.6 Å². The lowest BCUT2D eigenvalue weighted by Gasteiger charge is -2.12. The van der Waals surface area contributed by atoms with Crippen LogP contribution in [0.1, 0.15) is 18.5 Å². The van der Waals surface area contributed by atoms with E-state index in [4.69, 9.17) is 10.5 Å². The minimum absolute atomic E-state index is 0.142. The van der Waals surface area contributed by atoms with E-state index in [9.17, 15) is 14.5 Å². The first-order valence-corrected chi connectivity index (χ1v) is 5.81. The first-order chi connectivity index (χ1) is 9.49. The zero-order chi connectivity index (χ0) is 14.7. The Hall–Kier alpha value is -2.54. The molecule has 0 fully saturated rings. The molecule has 104 valence electrons. The van der Waals surface area contributed by atoms with E-state index in [1.807, 2.05) is 0 Å². The summed E-state index contributed by atoms with van der Waals surface area (Å²) in [5.74, 6) is -0.799. The zero-order valence-electron chi connectivity index (χ0n) is 10.6. The Bertz CT molecular complexity index is 647. The molecule has 0 saturated heterocycles. The quantitative estimate of drug-likeness (QED) is 0.685. The van der Waals surface area contributed by atoms with Crippen LogP contribution in [0.3, 0.4) is 0 Å². The van der Waals surface area contributed by atoms with Gasteiger partial charge in [0.05, 0.1) is 11.0 Å². The van der Waals surface area contributed by atoms with E-state index in [2.05, 4.69) is 4.98 Å².